The van der Waals surface area contributed by atoms with Gasteiger partial charge in [-0.25, -0.2) is 0 Å². The maximum atomic E-state index is 11.3. The van der Waals surface area contributed by atoms with Gasteiger partial charge in [-0.3, -0.25) is 9.48 Å². The molecule has 0 aliphatic heterocycles. The molecule has 1 unspecified atom stereocenters. The number of hydrogen-bond donors (Lipinski definition) is 0. The molecule has 0 aliphatic carbocycles. The number of halogens is 1. The van der Waals surface area contributed by atoms with E-state index in [1.807, 2.05) is 18.5 Å². The number of hydrogen-bond acceptors (Lipinski definition) is 4. The van der Waals surface area contributed by atoms with Crippen LogP contribution >= 0.6 is 27.7 Å². The molecule has 0 radical (unpaired) electrons. The lowest BCUT2D eigenvalue weighted by Crippen LogP contribution is -2.15. The molecule has 0 saturated heterocycles. The third-order valence-corrected chi connectivity index (χ3v) is 4.91. The lowest BCUT2D eigenvalue weighted by molar-refractivity contribution is -0.143. The summed E-state index contributed by atoms with van der Waals surface area (Å²) in [6, 6.07) is 0. The number of nitrogens with zero attached hydrogens (tertiary/aromatic N) is 2. The smallest absolute Gasteiger partial charge is 0.309 e. The van der Waals surface area contributed by atoms with Crippen LogP contribution in [-0.2, 0) is 21.8 Å². The van der Waals surface area contributed by atoms with Crippen molar-refractivity contribution in [2.45, 2.75) is 33.1 Å². The fourth-order valence-corrected chi connectivity index (χ4v) is 3.31. The summed E-state index contributed by atoms with van der Waals surface area (Å²) >= 11 is 5.29. The number of aryl methyl sites for hydroxylation is 2. The van der Waals surface area contributed by atoms with Crippen LogP contribution in [-0.4, -0.2) is 28.6 Å². The Morgan fingerprint density at radius 2 is 2.28 bits per heavy atom. The van der Waals surface area contributed by atoms with Crippen LogP contribution in [0.5, 0.6) is 0 Å². The van der Waals surface area contributed by atoms with E-state index in [4.69, 9.17) is 4.74 Å². The van der Waals surface area contributed by atoms with E-state index < -0.39 is 0 Å². The number of esters is 1. The molecule has 1 aromatic rings. The van der Waals surface area contributed by atoms with Gasteiger partial charge in [0.25, 0.3) is 0 Å². The van der Waals surface area contributed by atoms with E-state index in [-0.39, 0.29) is 11.9 Å². The minimum atomic E-state index is -0.151. The van der Waals surface area contributed by atoms with Crippen LogP contribution in [0.1, 0.15) is 25.2 Å². The van der Waals surface area contributed by atoms with Crippen molar-refractivity contribution in [3.05, 3.63) is 15.9 Å². The molecule has 1 rings (SSSR count). The molecule has 0 N–H and O–H groups in total. The van der Waals surface area contributed by atoms with Gasteiger partial charge >= 0.3 is 5.97 Å². The molecule has 102 valence electrons. The number of methoxy groups -OCH3 is 1. The Morgan fingerprint density at radius 3 is 2.83 bits per heavy atom. The van der Waals surface area contributed by atoms with Gasteiger partial charge in [0, 0.05) is 18.1 Å². The first-order valence-electron chi connectivity index (χ1n) is 5.88. The minimum absolute atomic E-state index is 0.0714. The highest BCUT2D eigenvalue weighted by atomic mass is 79.9. The summed E-state index contributed by atoms with van der Waals surface area (Å²) in [5, 5.41) is 4.44. The predicted octanol–water partition coefficient (Wildman–Crippen LogP) is 3.02. The summed E-state index contributed by atoms with van der Waals surface area (Å²) in [4.78, 5) is 11.3. The molecule has 4 nitrogen and oxygen atoms in total. The van der Waals surface area contributed by atoms with Gasteiger partial charge in [0.05, 0.1) is 28.9 Å². The summed E-state index contributed by atoms with van der Waals surface area (Å²) in [6.45, 7) is 6.80. The highest BCUT2D eigenvalue weighted by molar-refractivity contribution is 9.10. The normalized spacial score (nSPS) is 12.5. The summed E-state index contributed by atoms with van der Waals surface area (Å²) in [7, 11) is 1.43. The van der Waals surface area contributed by atoms with Crippen molar-refractivity contribution >= 4 is 33.7 Å². The van der Waals surface area contributed by atoms with Crippen molar-refractivity contribution in [3.8, 4) is 0 Å². The van der Waals surface area contributed by atoms with Crippen LogP contribution in [0.25, 0.3) is 0 Å². The van der Waals surface area contributed by atoms with Crippen molar-refractivity contribution in [1.29, 1.82) is 0 Å². The highest BCUT2D eigenvalue weighted by Crippen LogP contribution is 2.26. The molecule has 6 heteroatoms. The molecule has 0 fully saturated rings. The maximum Gasteiger partial charge on any atom is 0.309 e. The van der Waals surface area contributed by atoms with E-state index in [0.717, 1.165) is 28.2 Å². The molecule has 0 aromatic carbocycles. The number of thioether (sulfide) groups is 1. The second kappa shape index (κ2) is 7.19. The van der Waals surface area contributed by atoms with Gasteiger partial charge in [-0.1, -0.05) is 6.92 Å². The Kier molecular flexibility index (Phi) is 6.21. The fraction of sp³-hybridized carbons (Fsp3) is 0.667. The first kappa shape index (κ1) is 15.6. The highest BCUT2D eigenvalue weighted by Gasteiger charge is 2.15. The Morgan fingerprint density at radius 1 is 1.61 bits per heavy atom. The summed E-state index contributed by atoms with van der Waals surface area (Å²) < 4.78 is 7.78. The van der Waals surface area contributed by atoms with Crippen molar-refractivity contribution in [3.63, 3.8) is 0 Å². The monoisotopic (exact) mass is 334 g/mol. The molecule has 18 heavy (non-hydrogen) atoms. The molecular formula is C12H19BrN2O2S. The fourth-order valence-electron chi connectivity index (χ4n) is 1.61. The SMILES string of the molecule is CCn1nc(C)c(Br)c1CSCC(C)C(=O)OC. The second-order valence-corrected chi connectivity index (χ2v) is 5.92. The zero-order valence-corrected chi connectivity index (χ0v) is 13.6. The third-order valence-electron chi connectivity index (χ3n) is 2.66. The predicted molar refractivity (Wildman–Crippen MR) is 77.7 cm³/mol. The standard InChI is InChI=1S/C12H19BrN2O2S/c1-5-15-10(11(13)9(3)14-15)7-18-6-8(2)12(16)17-4/h8H,5-7H2,1-4H3. The minimum Gasteiger partial charge on any atom is -0.469 e. The van der Waals surface area contributed by atoms with E-state index in [2.05, 4.69) is 28.0 Å². The van der Waals surface area contributed by atoms with Crippen molar-refractivity contribution < 1.29 is 9.53 Å². The van der Waals surface area contributed by atoms with Gasteiger partial charge in [-0.05, 0) is 29.8 Å². The summed E-state index contributed by atoms with van der Waals surface area (Å²) in [5.74, 6) is 1.38. The largest absolute Gasteiger partial charge is 0.469 e. The number of ether oxygens (including phenoxy) is 1. The average molecular weight is 335 g/mol. The summed E-state index contributed by atoms with van der Waals surface area (Å²) in [5.41, 5.74) is 2.19. The van der Waals surface area contributed by atoms with Crippen molar-refractivity contribution in [2.24, 2.45) is 5.92 Å². The van der Waals surface area contributed by atoms with Gasteiger partial charge in [0.2, 0.25) is 0 Å². The Bertz CT molecular complexity index is 420. The van der Waals surface area contributed by atoms with Crippen LogP contribution in [0, 0.1) is 12.8 Å². The van der Waals surface area contributed by atoms with Crippen LogP contribution in [0.3, 0.4) is 0 Å². The zero-order valence-electron chi connectivity index (χ0n) is 11.2. The van der Waals surface area contributed by atoms with Crippen molar-refractivity contribution in [1.82, 2.24) is 9.78 Å². The maximum absolute atomic E-state index is 11.3. The van der Waals surface area contributed by atoms with E-state index in [0.29, 0.717) is 0 Å². The van der Waals surface area contributed by atoms with Gasteiger partial charge in [-0.2, -0.15) is 16.9 Å². The summed E-state index contributed by atoms with van der Waals surface area (Å²) in [6.07, 6.45) is 0. The number of carbonyl (C=O) groups excluding carboxylic acids is 1. The first-order valence-corrected chi connectivity index (χ1v) is 7.83. The Balaban J connectivity index is 2.56. The lowest BCUT2D eigenvalue weighted by Gasteiger charge is -2.09. The van der Waals surface area contributed by atoms with Crippen LogP contribution in [0.2, 0.25) is 0 Å². The van der Waals surface area contributed by atoms with Crippen LogP contribution in [0.4, 0.5) is 0 Å². The van der Waals surface area contributed by atoms with Gasteiger partial charge in [0.15, 0.2) is 0 Å². The molecule has 1 heterocycles. The quantitative estimate of drug-likeness (QED) is 0.750. The van der Waals surface area contributed by atoms with Crippen LogP contribution in [0.15, 0.2) is 4.47 Å². The molecule has 0 spiro atoms. The topological polar surface area (TPSA) is 44.1 Å². The van der Waals surface area contributed by atoms with E-state index in [9.17, 15) is 4.79 Å². The van der Waals surface area contributed by atoms with Gasteiger partial charge in [-0.15, -0.1) is 0 Å². The first-order chi connectivity index (χ1) is 8.51. The Labute approximate surface area is 121 Å². The number of carbonyl (C=O) groups is 1. The van der Waals surface area contributed by atoms with Crippen LogP contribution < -0.4 is 0 Å². The molecule has 1 atom stereocenters. The van der Waals surface area contributed by atoms with E-state index in [1.54, 1.807) is 11.8 Å². The lowest BCUT2D eigenvalue weighted by atomic mass is 10.2. The molecule has 0 aliphatic rings. The Hall–Kier alpha value is -0.490. The second-order valence-electron chi connectivity index (χ2n) is 4.10. The third kappa shape index (κ3) is 3.75. The molecule has 0 saturated carbocycles. The van der Waals surface area contributed by atoms with Crippen molar-refractivity contribution in [2.75, 3.05) is 12.9 Å². The van der Waals surface area contributed by atoms with Gasteiger partial charge < -0.3 is 4.74 Å². The molecule has 1 aromatic heterocycles. The molecule has 0 amide bonds. The van der Waals surface area contributed by atoms with Gasteiger partial charge in [0.1, 0.15) is 0 Å². The zero-order chi connectivity index (χ0) is 13.7. The average Bonchev–Trinajstić information content (AvgIpc) is 2.65. The van der Waals surface area contributed by atoms with E-state index in [1.165, 1.54) is 12.8 Å². The number of rotatable bonds is 6. The number of aromatic nitrogens is 2. The molecule has 0 bridgehead atoms. The molecular weight excluding hydrogens is 316 g/mol. The van der Waals surface area contributed by atoms with E-state index >= 15 is 0 Å².